The van der Waals surface area contributed by atoms with Crippen LogP contribution in [0.4, 0.5) is 0 Å². The molecule has 0 saturated carbocycles. The fourth-order valence-electron chi connectivity index (χ4n) is 1.11. The number of allylic oxidation sites excluding steroid dienone is 5. The van der Waals surface area contributed by atoms with Crippen LogP contribution in [0, 0.1) is 0 Å². The van der Waals surface area contributed by atoms with Crippen LogP contribution >= 0.6 is 0 Å². The summed E-state index contributed by atoms with van der Waals surface area (Å²) in [7, 11) is 3.23. The minimum atomic E-state index is 0.674. The smallest absolute Gasteiger partial charge is 0.120 e. The molecule has 0 aliphatic rings. The molecule has 0 aromatic heterocycles. The molecular weight excluding hydrogens is 226 g/mol. The van der Waals surface area contributed by atoms with Gasteiger partial charge in [-0.1, -0.05) is 31.4 Å². The Labute approximate surface area is 109 Å². The molecule has 0 rings (SSSR count). The van der Waals surface area contributed by atoms with Crippen molar-refractivity contribution in [3.05, 3.63) is 73.4 Å². The molecule has 0 aromatic rings. The summed E-state index contributed by atoms with van der Waals surface area (Å²) in [6.07, 6.45) is 14.2. The van der Waals surface area contributed by atoms with Gasteiger partial charge in [-0.2, -0.15) is 0 Å². The molecule has 3 heteroatoms. The van der Waals surface area contributed by atoms with Gasteiger partial charge in [0.15, 0.2) is 0 Å². The summed E-state index contributed by atoms with van der Waals surface area (Å²) >= 11 is 0. The highest BCUT2D eigenvalue weighted by atomic mass is 16.5. The quantitative estimate of drug-likeness (QED) is 0.501. The summed E-state index contributed by atoms with van der Waals surface area (Å²) in [5.74, 6) is 0.735. The van der Waals surface area contributed by atoms with Crippen LogP contribution in [0.1, 0.15) is 0 Å². The largest absolute Gasteiger partial charge is 0.504 e. The van der Waals surface area contributed by atoms with Gasteiger partial charge < -0.3 is 14.8 Å². The van der Waals surface area contributed by atoms with E-state index in [4.69, 9.17) is 9.47 Å². The average molecular weight is 247 g/mol. The van der Waals surface area contributed by atoms with Crippen molar-refractivity contribution >= 4 is 0 Å². The molecule has 0 aromatic carbocycles. The van der Waals surface area contributed by atoms with E-state index < -0.39 is 0 Å². The summed E-state index contributed by atoms with van der Waals surface area (Å²) in [6.45, 7) is 7.95. The first-order valence-electron chi connectivity index (χ1n) is 5.56. The topological polar surface area (TPSA) is 30.5 Å². The van der Waals surface area contributed by atoms with Gasteiger partial charge in [0.05, 0.1) is 20.5 Å². The molecule has 18 heavy (non-hydrogen) atoms. The van der Waals surface area contributed by atoms with E-state index >= 15 is 0 Å². The third-order valence-electron chi connectivity index (χ3n) is 1.94. The predicted molar refractivity (Wildman–Crippen MR) is 76.9 cm³/mol. The molecule has 0 radical (unpaired) electrons. The highest BCUT2D eigenvalue weighted by Gasteiger charge is 1.89. The lowest BCUT2D eigenvalue weighted by Crippen LogP contribution is -2.08. The first kappa shape index (κ1) is 15.8. The molecule has 0 bridgehead atoms. The molecule has 0 aliphatic heterocycles. The Morgan fingerprint density at radius 3 is 2.39 bits per heavy atom. The van der Waals surface area contributed by atoms with Crippen molar-refractivity contribution in [1.29, 1.82) is 0 Å². The maximum absolute atomic E-state index is 5.11. The van der Waals surface area contributed by atoms with Crippen LogP contribution in [0.25, 0.3) is 0 Å². The zero-order valence-electron chi connectivity index (χ0n) is 11.1. The minimum absolute atomic E-state index is 0.674. The number of nitrogens with one attached hydrogen (secondary N) is 1. The molecule has 1 N–H and O–H groups in total. The fraction of sp³-hybridized carbons (Fsp3) is 0.200. The molecule has 3 nitrogen and oxygen atoms in total. The van der Waals surface area contributed by atoms with Gasteiger partial charge >= 0.3 is 0 Å². The molecule has 0 saturated heterocycles. The highest BCUT2D eigenvalue weighted by Crippen LogP contribution is 1.98. The number of hydrogen-bond acceptors (Lipinski definition) is 3. The molecule has 0 amide bonds. The van der Waals surface area contributed by atoms with Gasteiger partial charge in [-0.3, -0.25) is 0 Å². The first-order chi connectivity index (χ1) is 8.78. The predicted octanol–water partition coefficient (Wildman–Crippen LogP) is 3.08. The van der Waals surface area contributed by atoms with Gasteiger partial charge in [-0.25, -0.2) is 0 Å². The monoisotopic (exact) mass is 247 g/mol. The summed E-state index contributed by atoms with van der Waals surface area (Å²) in [5, 5.41) is 3.14. The maximum Gasteiger partial charge on any atom is 0.120 e. The average Bonchev–Trinajstić information content (AvgIpc) is 2.39. The Hall–Kier alpha value is -2.16. The third kappa shape index (κ3) is 8.05. The van der Waals surface area contributed by atoms with E-state index in [9.17, 15) is 0 Å². The lowest BCUT2D eigenvalue weighted by atomic mass is 10.2. The van der Waals surface area contributed by atoms with E-state index in [0.29, 0.717) is 6.54 Å². The molecule has 0 heterocycles. The van der Waals surface area contributed by atoms with Gasteiger partial charge in [-0.05, 0) is 23.8 Å². The van der Waals surface area contributed by atoms with Gasteiger partial charge in [0.25, 0.3) is 0 Å². The van der Waals surface area contributed by atoms with E-state index in [1.54, 1.807) is 38.7 Å². The summed E-state index contributed by atoms with van der Waals surface area (Å²) in [5.41, 5.74) is 1.06. The van der Waals surface area contributed by atoms with E-state index in [0.717, 1.165) is 11.3 Å². The van der Waals surface area contributed by atoms with Crippen LogP contribution in [-0.4, -0.2) is 20.8 Å². The molecule has 0 aliphatic carbocycles. The van der Waals surface area contributed by atoms with E-state index in [1.165, 1.54) is 0 Å². The Bertz CT molecular complexity index is 363. The van der Waals surface area contributed by atoms with Crippen molar-refractivity contribution in [3.8, 4) is 0 Å². The number of rotatable bonds is 9. The normalized spacial score (nSPS) is 12.8. The highest BCUT2D eigenvalue weighted by molar-refractivity contribution is 5.24. The van der Waals surface area contributed by atoms with Gasteiger partial charge in [0, 0.05) is 12.7 Å². The summed E-state index contributed by atoms with van der Waals surface area (Å²) in [6, 6.07) is 0. The number of ether oxygens (including phenoxy) is 2. The second-order valence-corrected chi connectivity index (χ2v) is 3.24. The van der Waals surface area contributed by atoms with Gasteiger partial charge in [0.1, 0.15) is 5.76 Å². The van der Waals surface area contributed by atoms with Crippen molar-refractivity contribution in [3.63, 3.8) is 0 Å². The molecule has 98 valence electrons. The Kier molecular flexibility index (Phi) is 9.97. The summed E-state index contributed by atoms with van der Waals surface area (Å²) < 4.78 is 9.98. The maximum atomic E-state index is 5.11. The lowest BCUT2D eigenvalue weighted by Gasteiger charge is -2.02. The van der Waals surface area contributed by atoms with Crippen molar-refractivity contribution < 1.29 is 9.47 Å². The molecule has 0 spiro atoms. The molecule has 0 atom stereocenters. The minimum Gasteiger partial charge on any atom is -0.504 e. The van der Waals surface area contributed by atoms with Crippen molar-refractivity contribution in [2.45, 2.75) is 0 Å². The SMILES string of the molecule is C=C/C=C(\C=C\OC)CN/C=C/C(=C\C=C)OC. The summed E-state index contributed by atoms with van der Waals surface area (Å²) in [4.78, 5) is 0. The second kappa shape index (κ2) is 11.3. The Morgan fingerprint density at radius 2 is 1.83 bits per heavy atom. The lowest BCUT2D eigenvalue weighted by molar-refractivity contribution is 0.306. The zero-order valence-corrected chi connectivity index (χ0v) is 11.1. The Morgan fingerprint density at radius 1 is 1.11 bits per heavy atom. The van der Waals surface area contributed by atoms with E-state index in [2.05, 4.69) is 18.5 Å². The van der Waals surface area contributed by atoms with Crippen LogP contribution < -0.4 is 5.32 Å². The van der Waals surface area contributed by atoms with Gasteiger partial charge in [-0.15, -0.1) is 0 Å². The third-order valence-corrected chi connectivity index (χ3v) is 1.94. The second-order valence-electron chi connectivity index (χ2n) is 3.24. The standard InChI is InChI=1S/C15H21NO2/c1-5-7-14(10-12-17-3)13-16-11-9-15(18-4)8-6-2/h5-12,16H,1-2,13H2,3-4H3/b11-9+,12-10+,14-7+,15-8+. The van der Waals surface area contributed by atoms with E-state index in [1.807, 2.05) is 24.4 Å². The zero-order chi connectivity index (χ0) is 13.6. The number of methoxy groups -OCH3 is 2. The molecular formula is C15H21NO2. The van der Waals surface area contributed by atoms with Crippen LogP contribution in [0.15, 0.2) is 73.4 Å². The van der Waals surface area contributed by atoms with Crippen molar-refractivity contribution in [2.24, 2.45) is 0 Å². The van der Waals surface area contributed by atoms with Crippen LogP contribution in [0.2, 0.25) is 0 Å². The van der Waals surface area contributed by atoms with Crippen LogP contribution in [0.3, 0.4) is 0 Å². The number of hydrogen-bond donors (Lipinski definition) is 1. The van der Waals surface area contributed by atoms with Crippen LogP contribution in [0.5, 0.6) is 0 Å². The van der Waals surface area contributed by atoms with Gasteiger partial charge in [0.2, 0.25) is 0 Å². The van der Waals surface area contributed by atoms with Crippen molar-refractivity contribution in [1.82, 2.24) is 5.32 Å². The van der Waals surface area contributed by atoms with E-state index in [-0.39, 0.29) is 0 Å². The molecule has 0 unspecified atom stereocenters. The fourth-order valence-corrected chi connectivity index (χ4v) is 1.11. The van der Waals surface area contributed by atoms with Crippen LogP contribution in [-0.2, 0) is 9.47 Å². The first-order valence-corrected chi connectivity index (χ1v) is 5.56. The molecule has 0 fully saturated rings. The van der Waals surface area contributed by atoms with Crippen molar-refractivity contribution in [2.75, 3.05) is 20.8 Å². The Balaban J connectivity index is 4.29.